The van der Waals surface area contributed by atoms with Crippen molar-refractivity contribution in [2.45, 2.75) is 18.8 Å². The number of aliphatic carboxylic acids is 2. The van der Waals surface area contributed by atoms with E-state index in [0.717, 1.165) is 0 Å². The quantitative estimate of drug-likeness (QED) is 0.739. The average molecular weight is 212 g/mol. The minimum Gasteiger partial charge on any atom is -0.481 e. The van der Waals surface area contributed by atoms with Crippen LogP contribution < -0.4 is 0 Å². The molecule has 0 aliphatic carbocycles. The first kappa shape index (κ1) is 11.2. The van der Waals surface area contributed by atoms with Crippen LogP contribution in [0.25, 0.3) is 0 Å². The van der Waals surface area contributed by atoms with Crippen LogP contribution in [0.2, 0.25) is 0 Å². The molecule has 0 atom stereocenters. The molecule has 6 heteroatoms. The molecule has 6 nitrogen and oxygen atoms in total. The van der Waals surface area contributed by atoms with E-state index in [-0.39, 0.29) is 12.8 Å². The number of carbonyl (C=O) groups is 2. The van der Waals surface area contributed by atoms with Gasteiger partial charge in [-0.25, -0.2) is 4.98 Å². The first-order valence-corrected chi connectivity index (χ1v) is 4.40. The van der Waals surface area contributed by atoms with Crippen LogP contribution in [-0.2, 0) is 16.6 Å². The summed E-state index contributed by atoms with van der Waals surface area (Å²) in [5.74, 6) is -2.61. The molecule has 0 aliphatic rings. The lowest BCUT2D eigenvalue weighted by molar-refractivity contribution is -0.139. The Kier molecular flexibility index (Phi) is 3.43. The summed E-state index contributed by atoms with van der Waals surface area (Å²) in [7, 11) is 1.75. The minimum absolute atomic E-state index is 0.219. The third kappa shape index (κ3) is 3.41. The van der Waals surface area contributed by atoms with Crippen molar-refractivity contribution < 1.29 is 19.8 Å². The van der Waals surface area contributed by atoms with Crippen molar-refractivity contribution in [3.63, 3.8) is 0 Å². The van der Waals surface area contributed by atoms with Crippen molar-refractivity contribution >= 4 is 11.9 Å². The molecule has 0 unspecified atom stereocenters. The standard InChI is InChI=1S/C9H12N2O4/c1-11-4-7(10-5-11)6(2-8(12)13)3-9(14)15/h4-6H,2-3H2,1H3,(H,12,13)(H,14,15). The number of hydrogen-bond donors (Lipinski definition) is 2. The molecule has 0 saturated heterocycles. The number of carboxylic acid groups (broad SMARTS) is 2. The first-order valence-electron chi connectivity index (χ1n) is 4.40. The highest BCUT2D eigenvalue weighted by Gasteiger charge is 2.20. The van der Waals surface area contributed by atoms with Crippen molar-refractivity contribution in [1.82, 2.24) is 9.55 Å². The lowest BCUT2D eigenvalue weighted by atomic mass is 9.98. The topological polar surface area (TPSA) is 92.4 Å². The number of aryl methyl sites for hydroxylation is 1. The Balaban J connectivity index is 2.80. The maximum absolute atomic E-state index is 10.5. The number of hydrogen-bond acceptors (Lipinski definition) is 3. The van der Waals surface area contributed by atoms with Gasteiger partial charge in [0.1, 0.15) is 0 Å². The largest absolute Gasteiger partial charge is 0.481 e. The van der Waals surface area contributed by atoms with E-state index < -0.39 is 17.9 Å². The molecule has 0 saturated carbocycles. The summed E-state index contributed by atoms with van der Waals surface area (Å²) < 4.78 is 1.66. The van der Waals surface area contributed by atoms with Crippen LogP contribution in [0.1, 0.15) is 24.5 Å². The fraction of sp³-hybridized carbons (Fsp3) is 0.444. The van der Waals surface area contributed by atoms with Gasteiger partial charge < -0.3 is 14.8 Å². The van der Waals surface area contributed by atoms with E-state index in [1.807, 2.05) is 0 Å². The van der Waals surface area contributed by atoms with Crippen molar-refractivity contribution in [2.24, 2.45) is 7.05 Å². The van der Waals surface area contributed by atoms with Crippen molar-refractivity contribution in [3.8, 4) is 0 Å². The van der Waals surface area contributed by atoms with Gasteiger partial charge in [0.05, 0.1) is 24.9 Å². The van der Waals surface area contributed by atoms with E-state index in [0.29, 0.717) is 5.69 Å². The van der Waals surface area contributed by atoms with Crippen molar-refractivity contribution in [1.29, 1.82) is 0 Å². The van der Waals surface area contributed by atoms with Gasteiger partial charge in [0, 0.05) is 19.2 Å². The zero-order valence-electron chi connectivity index (χ0n) is 8.25. The Labute approximate surface area is 86.2 Å². The van der Waals surface area contributed by atoms with Gasteiger partial charge in [-0.1, -0.05) is 0 Å². The second kappa shape index (κ2) is 4.59. The first-order chi connectivity index (χ1) is 6.99. The zero-order valence-corrected chi connectivity index (χ0v) is 8.25. The molecular formula is C9H12N2O4. The highest BCUT2D eigenvalue weighted by Crippen LogP contribution is 2.21. The van der Waals surface area contributed by atoms with E-state index >= 15 is 0 Å². The number of imidazole rings is 1. The highest BCUT2D eigenvalue weighted by atomic mass is 16.4. The molecule has 1 aromatic heterocycles. The summed E-state index contributed by atoms with van der Waals surface area (Å²) in [6.07, 6.45) is 2.72. The van der Waals surface area contributed by atoms with E-state index in [2.05, 4.69) is 4.98 Å². The van der Waals surface area contributed by atoms with Crippen molar-refractivity contribution in [2.75, 3.05) is 0 Å². The average Bonchev–Trinajstić information content (AvgIpc) is 2.48. The molecule has 2 N–H and O–H groups in total. The molecule has 0 fully saturated rings. The third-order valence-electron chi connectivity index (χ3n) is 1.99. The lowest BCUT2D eigenvalue weighted by Gasteiger charge is -2.08. The zero-order chi connectivity index (χ0) is 11.4. The van der Waals surface area contributed by atoms with Gasteiger partial charge in [-0.05, 0) is 0 Å². The van der Waals surface area contributed by atoms with Crippen LogP contribution >= 0.6 is 0 Å². The van der Waals surface area contributed by atoms with E-state index in [4.69, 9.17) is 10.2 Å². The molecule has 1 rings (SSSR count). The van der Waals surface area contributed by atoms with Gasteiger partial charge in [-0.2, -0.15) is 0 Å². The van der Waals surface area contributed by atoms with Crippen LogP contribution in [0.3, 0.4) is 0 Å². The van der Waals surface area contributed by atoms with Crippen LogP contribution in [-0.4, -0.2) is 31.7 Å². The van der Waals surface area contributed by atoms with Crippen LogP contribution in [0.15, 0.2) is 12.5 Å². The fourth-order valence-electron chi connectivity index (χ4n) is 1.35. The molecule has 82 valence electrons. The number of carboxylic acids is 2. The Morgan fingerprint density at radius 2 is 1.93 bits per heavy atom. The summed E-state index contributed by atoms with van der Waals surface area (Å²) in [5.41, 5.74) is 0.502. The SMILES string of the molecule is Cn1cnc(C(CC(=O)O)CC(=O)O)c1. The van der Waals surface area contributed by atoms with Crippen LogP contribution in [0, 0.1) is 0 Å². The van der Waals surface area contributed by atoms with Gasteiger partial charge in [0.15, 0.2) is 0 Å². The number of rotatable bonds is 5. The lowest BCUT2D eigenvalue weighted by Crippen LogP contribution is -2.11. The van der Waals surface area contributed by atoms with Gasteiger partial charge in [-0.15, -0.1) is 0 Å². The van der Waals surface area contributed by atoms with Crippen LogP contribution in [0.4, 0.5) is 0 Å². The second-order valence-electron chi connectivity index (χ2n) is 3.36. The fourth-order valence-corrected chi connectivity index (χ4v) is 1.35. The summed E-state index contributed by atoms with van der Waals surface area (Å²) in [4.78, 5) is 25.0. The van der Waals surface area contributed by atoms with Gasteiger partial charge in [-0.3, -0.25) is 9.59 Å². The molecular weight excluding hydrogens is 200 g/mol. The molecule has 0 bridgehead atoms. The molecule has 1 heterocycles. The molecule has 0 radical (unpaired) electrons. The molecule has 0 amide bonds. The number of nitrogens with zero attached hydrogens (tertiary/aromatic N) is 2. The Morgan fingerprint density at radius 1 is 1.40 bits per heavy atom. The summed E-state index contributed by atoms with van der Waals surface area (Å²) >= 11 is 0. The Morgan fingerprint density at radius 3 is 2.27 bits per heavy atom. The Hall–Kier alpha value is -1.85. The molecule has 1 aromatic rings. The smallest absolute Gasteiger partial charge is 0.304 e. The maximum Gasteiger partial charge on any atom is 0.304 e. The monoisotopic (exact) mass is 212 g/mol. The third-order valence-corrected chi connectivity index (χ3v) is 1.99. The number of aromatic nitrogens is 2. The normalized spacial score (nSPS) is 10.5. The van der Waals surface area contributed by atoms with Crippen molar-refractivity contribution in [3.05, 3.63) is 18.2 Å². The van der Waals surface area contributed by atoms with Gasteiger partial charge in [0.2, 0.25) is 0 Å². The summed E-state index contributed by atoms with van der Waals surface area (Å²) in [5, 5.41) is 17.3. The molecule has 0 spiro atoms. The minimum atomic E-state index is -1.02. The Bertz CT molecular complexity index is 356. The van der Waals surface area contributed by atoms with E-state index in [1.165, 1.54) is 6.33 Å². The highest BCUT2D eigenvalue weighted by molar-refractivity contribution is 5.72. The predicted molar refractivity (Wildman–Crippen MR) is 50.5 cm³/mol. The second-order valence-corrected chi connectivity index (χ2v) is 3.36. The van der Waals surface area contributed by atoms with Gasteiger partial charge in [0.25, 0.3) is 0 Å². The molecule has 15 heavy (non-hydrogen) atoms. The summed E-state index contributed by atoms with van der Waals surface area (Å²) in [6.45, 7) is 0. The predicted octanol–water partition coefficient (Wildman–Crippen LogP) is 0.453. The molecule has 0 aromatic carbocycles. The summed E-state index contributed by atoms with van der Waals surface area (Å²) in [6, 6.07) is 0. The van der Waals surface area contributed by atoms with E-state index in [9.17, 15) is 9.59 Å². The molecule has 0 aliphatic heterocycles. The van der Waals surface area contributed by atoms with Gasteiger partial charge >= 0.3 is 11.9 Å². The van der Waals surface area contributed by atoms with E-state index in [1.54, 1.807) is 17.8 Å². The van der Waals surface area contributed by atoms with Crippen LogP contribution in [0.5, 0.6) is 0 Å². The maximum atomic E-state index is 10.5.